The quantitative estimate of drug-likeness (QED) is 0.575. The molecule has 5 rings (SSSR count). The third-order valence-corrected chi connectivity index (χ3v) is 6.44. The van der Waals surface area contributed by atoms with Gasteiger partial charge in [0.2, 0.25) is 11.8 Å². The Morgan fingerprint density at radius 2 is 1.46 bits per heavy atom. The molecule has 2 heterocycles. The summed E-state index contributed by atoms with van der Waals surface area (Å²) >= 11 is 0. The Labute approximate surface area is 202 Å². The number of carbonyl (C=O) groups excluding carboxylic acids is 4. The summed E-state index contributed by atoms with van der Waals surface area (Å²) in [5.74, 6) is -1.19. The van der Waals surface area contributed by atoms with Gasteiger partial charge in [-0.1, -0.05) is 72.8 Å². The zero-order valence-corrected chi connectivity index (χ0v) is 19.1. The molecule has 2 aliphatic rings. The number of anilines is 2. The number of nitrogens with zero attached hydrogens (tertiary/aromatic N) is 2. The average Bonchev–Trinajstić information content (AvgIpc) is 3.03. The molecule has 2 aliphatic heterocycles. The SMILES string of the molecule is CC1CC(=O)Nc2ccccc2N1C(=O)CN1C(=O)NC(c2ccccc2)(c2ccccc2)C1=O. The van der Waals surface area contributed by atoms with E-state index < -0.39 is 36.0 Å². The predicted octanol–water partition coefficient (Wildman–Crippen LogP) is 3.25. The highest BCUT2D eigenvalue weighted by Gasteiger charge is 2.54. The van der Waals surface area contributed by atoms with Gasteiger partial charge in [-0.25, -0.2) is 4.79 Å². The van der Waals surface area contributed by atoms with Crippen LogP contribution in [0.2, 0.25) is 0 Å². The van der Waals surface area contributed by atoms with Crippen LogP contribution < -0.4 is 15.5 Å². The molecule has 8 heteroatoms. The minimum Gasteiger partial charge on any atom is -0.324 e. The lowest BCUT2D eigenvalue weighted by Gasteiger charge is -2.30. The summed E-state index contributed by atoms with van der Waals surface area (Å²) in [6, 6.07) is 23.9. The molecule has 1 saturated heterocycles. The van der Waals surface area contributed by atoms with E-state index in [2.05, 4.69) is 10.6 Å². The Bertz CT molecular complexity index is 1270. The second-order valence-corrected chi connectivity index (χ2v) is 8.69. The number of nitrogens with one attached hydrogen (secondary N) is 2. The number of imide groups is 1. The molecule has 0 aliphatic carbocycles. The number of rotatable bonds is 4. The number of para-hydroxylation sites is 2. The van der Waals surface area contributed by atoms with E-state index in [1.807, 2.05) is 12.1 Å². The molecule has 176 valence electrons. The molecule has 8 nitrogen and oxygen atoms in total. The topological polar surface area (TPSA) is 98.8 Å². The van der Waals surface area contributed by atoms with Gasteiger partial charge in [-0.3, -0.25) is 19.3 Å². The number of urea groups is 1. The molecule has 1 atom stereocenters. The van der Waals surface area contributed by atoms with Gasteiger partial charge in [0.25, 0.3) is 5.91 Å². The predicted molar refractivity (Wildman–Crippen MR) is 131 cm³/mol. The summed E-state index contributed by atoms with van der Waals surface area (Å²) in [6.07, 6.45) is 0.0958. The van der Waals surface area contributed by atoms with E-state index in [1.165, 1.54) is 4.90 Å². The maximum Gasteiger partial charge on any atom is 0.326 e. The van der Waals surface area contributed by atoms with Crippen molar-refractivity contribution in [3.05, 3.63) is 96.1 Å². The number of hydrogen-bond donors (Lipinski definition) is 2. The fraction of sp³-hybridized carbons (Fsp3) is 0.185. The molecule has 0 radical (unpaired) electrons. The minimum absolute atomic E-state index is 0.0958. The second kappa shape index (κ2) is 8.72. The molecule has 0 saturated carbocycles. The summed E-state index contributed by atoms with van der Waals surface area (Å²) in [4.78, 5) is 55.4. The zero-order chi connectivity index (χ0) is 24.6. The molecule has 1 fully saturated rings. The van der Waals surface area contributed by atoms with E-state index in [1.54, 1.807) is 79.7 Å². The van der Waals surface area contributed by atoms with Crippen LogP contribution in [0.1, 0.15) is 24.5 Å². The molecule has 0 spiro atoms. The van der Waals surface area contributed by atoms with Crippen LogP contribution in [0, 0.1) is 0 Å². The first kappa shape index (κ1) is 22.3. The second-order valence-electron chi connectivity index (χ2n) is 8.69. The Kier molecular flexibility index (Phi) is 5.56. The van der Waals surface area contributed by atoms with Crippen molar-refractivity contribution in [2.45, 2.75) is 24.9 Å². The third kappa shape index (κ3) is 3.73. The highest BCUT2D eigenvalue weighted by molar-refractivity contribution is 6.13. The van der Waals surface area contributed by atoms with Crippen molar-refractivity contribution >= 4 is 35.1 Å². The van der Waals surface area contributed by atoms with Crippen molar-refractivity contribution in [3.8, 4) is 0 Å². The van der Waals surface area contributed by atoms with E-state index in [9.17, 15) is 19.2 Å². The monoisotopic (exact) mass is 468 g/mol. The van der Waals surface area contributed by atoms with Crippen molar-refractivity contribution in [1.29, 1.82) is 0 Å². The number of benzene rings is 3. The molecule has 1 unspecified atom stereocenters. The van der Waals surface area contributed by atoms with Gasteiger partial charge < -0.3 is 15.5 Å². The van der Waals surface area contributed by atoms with E-state index in [4.69, 9.17) is 0 Å². The van der Waals surface area contributed by atoms with E-state index in [-0.39, 0.29) is 12.3 Å². The summed E-state index contributed by atoms with van der Waals surface area (Å²) in [6.45, 7) is 1.31. The summed E-state index contributed by atoms with van der Waals surface area (Å²) < 4.78 is 0. The number of amides is 5. The van der Waals surface area contributed by atoms with Crippen molar-refractivity contribution in [2.24, 2.45) is 0 Å². The minimum atomic E-state index is -1.44. The van der Waals surface area contributed by atoms with Crippen molar-refractivity contribution in [2.75, 3.05) is 16.8 Å². The van der Waals surface area contributed by atoms with Gasteiger partial charge in [0.1, 0.15) is 6.54 Å². The molecule has 3 aromatic carbocycles. The van der Waals surface area contributed by atoms with Crippen LogP contribution in [0.3, 0.4) is 0 Å². The molecular weight excluding hydrogens is 444 g/mol. The average molecular weight is 469 g/mol. The lowest BCUT2D eigenvalue weighted by molar-refractivity contribution is -0.133. The van der Waals surface area contributed by atoms with Crippen molar-refractivity contribution in [3.63, 3.8) is 0 Å². The van der Waals surface area contributed by atoms with Crippen molar-refractivity contribution < 1.29 is 19.2 Å². The normalized spacial score (nSPS) is 19.0. The Morgan fingerprint density at radius 3 is 2.09 bits per heavy atom. The lowest BCUT2D eigenvalue weighted by Crippen LogP contribution is -2.48. The Morgan fingerprint density at radius 1 is 0.886 bits per heavy atom. The van der Waals surface area contributed by atoms with Crippen LogP contribution in [0.4, 0.5) is 16.2 Å². The highest BCUT2D eigenvalue weighted by Crippen LogP contribution is 2.37. The molecule has 3 aromatic rings. The summed E-state index contributed by atoms with van der Waals surface area (Å²) in [5.41, 5.74) is 0.792. The highest BCUT2D eigenvalue weighted by atomic mass is 16.2. The van der Waals surface area contributed by atoms with Gasteiger partial charge in [0, 0.05) is 12.5 Å². The largest absolute Gasteiger partial charge is 0.326 e. The van der Waals surface area contributed by atoms with Crippen LogP contribution in [0.25, 0.3) is 0 Å². The van der Waals surface area contributed by atoms with Gasteiger partial charge >= 0.3 is 6.03 Å². The standard InChI is InChI=1S/C27H24N4O4/c1-18-16-23(32)28-21-14-8-9-15-22(21)31(18)24(33)17-30-25(34)27(29-26(30)35,19-10-4-2-5-11-19)20-12-6-3-7-13-20/h2-15,18H,16-17H2,1H3,(H,28,32)(H,29,35). The van der Waals surface area contributed by atoms with Crippen molar-refractivity contribution in [1.82, 2.24) is 10.2 Å². The van der Waals surface area contributed by atoms with Crippen LogP contribution in [-0.4, -0.2) is 41.2 Å². The van der Waals surface area contributed by atoms with E-state index in [0.29, 0.717) is 22.5 Å². The van der Waals surface area contributed by atoms with E-state index in [0.717, 1.165) is 4.90 Å². The Balaban J connectivity index is 1.51. The smallest absolute Gasteiger partial charge is 0.324 e. The number of carbonyl (C=O) groups is 4. The van der Waals surface area contributed by atoms with Crippen LogP contribution in [0.5, 0.6) is 0 Å². The molecule has 0 bridgehead atoms. The van der Waals surface area contributed by atoms with Crippen LogP contribution in [-0.2, 0) is 19.9 Å². The van der Waals surface area contributed by atoms with Gasteiger partial charge in [0.05, 0.1) is 11.4 Å². The number of fused-ring (bicyclic) bond motifs is 1. The Hall–Kier alpha value is -4.46. The van der Waals surface area contributed by atoms with Crippen LogP contribution >= 0.6 is 0 Å². The van der Waals surface area contributed by atoms with Gasteiger partial charge in [-0.15, -0.1) is 0 Å². The fourth-order valence-corrected chi connectivity index (χ4v) is 4.83. The van der Waals surface area contributed by atoms with Gasteiger partial charge in [-0.2, -0.15) is 0 Å². The maximum absolute atomic E-state index is 13.9. The van der Waals surface area contributed by atoms with Crippen LogP contribution in [0.15, 0.2) is 84.9 Å². The molecule has 5 amide bonds. The maximum atomic E-state index is 13.9. The first-order valence-corrected chi connectivity index (χ1v) is 11.4. The lowest BCUT2D eigenvalue weighted by atomic mass is 9.82. The zero-order valence-electron chi connectivity index (χ0n) is 19.1. The first-order valence-electron chi connectivity index (χ1n) is 11.4. The number of hydrogen-bond acceptors (Lipinski definition) is 4. The summed E-state index contributed by atoms with van der Waals surface area (Å²) in [7, 11) is 0. The fourth-order valence-electron chi connectivity index (χ4n) is 4.83. The molecule has 2 N–H and O–H groups in total. The summed E-state index contributed by atoms with van der Waals surface area (Å²) in [5, 5.41) is 5.67. The first-order chi connectivity index (χ1) is 16.9. The molecule has 35 heavy (non-hydrogen) atoms. The third-order valence-electron chi connectivity index (χ3n) is 6.44. The molecule has 0 aromatic heterocycles. The van der Waals surface area contributed by atoms with Gasteiger partial charge in [0.15, 0.2) is 5.54 Å². The van der Waals surface area contributed by atoms with E-state index >= 15 is 0 Å². The van der Waals surface area contributed by atoms with Gasteiger partial charge in [-0.05, 0) is 30.2 Å². The molecular formula is C27H24N4O4.